The van der Waals surface area contributed by atoms with Crippen molar-refractivity contribution in [3.8, 4) is 5.75 Å². The summed E-state index contributed by atoms with van der Waals surface area (Å²) in [4.78, 5) is 22.9. The van der Waals surface area contributed by atoms with E-state index >= 15 is 0 Å². The molecule has 0 amide bonds. The highest BCUT2D eigenvalue weighted by Gasteiger charge is 2.13. The van der Waals surface area contributed by atoms with Gasteiger partial charge in [-0.2, -0.15) is 0 Å². The molecule has 0 saturated heterocycles. The molecule has 0 N–H and O–H groups in total. The van der Waals surface area contributed by atoms with Crippen molar-refractivity contribution < 1.29 is 14.5 Å². The third-order valence-corrected chi connectivity index (χ3v) is 3.74. The SMILES string of the molecule is O=C(c1ccccc1)c1ccc(OCc2ccccc2[N+](=O)[O-])cc1. The highest BCUT2D eigenvalue weighted by Crippen LogP contribution is 2.21. The van der Waals surface area contributed by atoms with Crippen molar-refractivity contribution in [2.45, 2.75) is 6.61 Å². The number of hydrogen-bond donors (Lipinski definition) is 0. The minimum absolute atomic E-state index is 0.0263. The summed E-state index contributed by atoms with van der Waals surface area (Å²) in [6.07, 6.45) is 0. The van der Waals surface area contributed by atoms with Crippen LogP contribution < -0.4 is 4.74 Å². The number of para-hydroxylation sites is 1. The molecular formula is C20H15NO4. The second kappa shape index (κ2) is 7.40. The molecule has 3 aromatic carbocycles. The van der Waals surface area contributed by atoms with Crippen molar-refractivity contribution in [1.82, 2.24) is 0 Å². The number of nitro groups is 1. The zero-order valence-corrected chi connectivity index (χ0v) is 13.3. The first-order valence-corrected chi connectivity index (χ1v) is 7.70. The highest BCUT2D eigenvalue weighted by atomic mass is 16.6. The molecular weight excluding hydrogens is 318 g/mol. The Labute approximate surface area is 144 Å². The third-order valence-electron chi connectivity index (χ3n) is 3.74. The number of benzene rings is 3. The number of carbonyl (C=O) groups is 1. The Bertz CT molecular complexity index is 889. The van der Waals surface area contributed by atoms with Gasteiger partial charge in [0.25, 0.3) is 5.69 Å². The first-order valence-electron chi connectivity index (χ1n) is 7.70. The van der Waals surface area contributed by atoms with Crippen LogP contribution in [0.2, 0.25) is 0 Å². The largest absolute Gasteiger partial charge is 0.489 e. The smallest absolute Gasteiger partial charge is 0.276 e. The second-order valence-corrected chi connectivity index (χ2v) is 5.39. The summed E-state index contributed by atoms with van der Waals surface area (Å²) in [6, 6.07) is 22.2. The topological polar surface area (TPSA) is 69.4 Å². The Hall–Kier alpha value is -3.47. The fraction of sp³-hybridized carbons (Fsp3) is 0.0500. The Kier molecular flexibility index (Phi) is 4.85. The number of rotatable bonds is 6. The van der Waals surface area contributed by atoms with Gasteiger partial charge in [0.05, 0.1) is 10.5 Å². The van der Waals surface area contributed by atoms with E-state index in [1.54, 1.807) is 54.6 Å². The first kappa shape index (κ1) is 16.4. The van der Waals surface area contributed by atoms with Crippen LogP contribution in [0.1, 0.15) is 21.5 Å². The fourth-order valence-electron chi connectivity index (χ4n) is 2.43. The predicted octanol–water partition coefficient (Wildman–Crippen LogP) is 4.40. The highest BCUT2D eigenvalue weighted by molar-refractivity contribution is 6.08. The number of nitrogens with zero attached hydrogens (tertiary/aromatic N) is 1. The van der Waals surface area contributed by atoms with Gasteiger partial charge in [0, 0.05) is 17.2 Å². The van der Waals surface area contributed by atoms with E-state index in [0.29, 0.717) is 22.4 Å². The van der Waals surface area contributed by atoms with Crippen LogP contribution in [0.5, 0.6) is 5.75 Å². The lowest BCUT2D eigenvalue weighted by Crippen LogP contribution is -2.02. The van der Waals surface area contributed by atoms with Crippen LogP contribution in [0, 0.1) is 10.1 Å². The van der Waals surface area contributed by atoms with E-state index in [9.17, 15) is 14.9 Å². The van der Waals surface area contributed by atoms with Gasteiger partial charge in [-0.3, -0.25) is 14.9 Å². The van der Waals surface area contributed by atoms with Crippen LogP contribution in [0.25, 0.3) is 0 Å². The van der Waals surface area contributed by atoms with Crippen LogP contribution in [0.4, 0.5) is 5.69 Å². The Morgan fingerprint density at radius 3 is 2.12 bits per heavy atom. The van der Waals surface area contributed by atoms with Gasteiger partial charge < -0.3 is 4.74 Å². The maximum Gasteiger partial charge on any atom is 0.276 e. The summed E-state index contributed by atoms with van der Waals surface area (Å²) in [5.41, 5.74) is 1.70. The van der Waals surface area contributed by atoms with Crippen LogP contribution >= 0.6 is 0 Å². The van der Waals surface area contributed by atoms with E-state index in [0.717, 1.165) is 0 Å². The standard InChI is InChI=1S/C20H15NO4/c22-20(15-6-2-1-3-7-15)16-10-12-18(13-11-16)25-14-17-8-4-5-9-19(17)21(23)24/h1-13H,14H2. The molecule has 0 unspecified atom stereocenters. The van der Waals surface area contributed by atoms with E-state index in [1.807, 2.05) is 18.2 Å². The number of nitro benzene ring substituents is 1. The van der Waals surface area contributed by atoms with Gasteiger partial charge in [-0.1, -0.05) is 42.5 Å². The van der Waals surface area contributed by atoms with Gasteiger partial charge in [-0.15, -0.1) is 0 Å². The number of carbonyl (C=O) groups excluding carboxylic acids is 1. The van der Waals surface area contributed by atoms with Crippen molar-refractivity contribution in [2.75, 3.05) is 0 Å². The molecule has 0 saturated carbocycles. The van der Waals surface area contributed by atoms with E-state index < -0.39 is 4.92 Å². The summed E-state index contributed by atoms with van der Waals surface area (Å²) < 4.78 is 5.61. The van der Waals surface area contributed by atoms with Crippen molar-refractivity contribution in [3.05, 3.63) is 106 Å². The average Bonchev–Trinajstić information content (AvgIpc) is 2.67. The summed E-state index contributed by atoms with van der Waals surface area (Å²) in [7, 11) is 0. The van der Waals surface area contributed by atoms with Crippen molar-refractivity contribution in [1.29, 1.82) is 0 Å². The maximum absolute atomic E-state index is 12.3. The van der Waals surface area contributed by atoms with Crippen LogP contribution in [0.3, 0.4) is 0 Å². The van der Waals surface area contributed by atoms with Gasteiger partial charge in [0.1, 0.15) is 12.4 Å². The molecule has 0 radical (unpaired) electrons. The quantitative estimate of drug-likeness (QED) is 0.381. The van der Waals surface area contributed by atoms with Crippen LogP contribution in [-0.2, 0) is 6.61 Å². The molecule has 0 fully saturated rings. The van der Waals surface area contributed by atoms with Gasteiger partial charge >= 0.3 is 0 Å². The van der Waals surface area contributed by atoms with Crippen molar-refractivity contribution >= 4 is 11.5 Å². The molecule has 25 heavy (non-hydrogen) atoms. The lowest BCUT2D eigenvalue weighted by Gasteiger charge is -2.08. The molecule has 124 valence electrons. The van der Waals surface area contributed by atoms with Crippen LogP contribution in [-0.4, -0.2) is 10.7 Å². The first-order chi connectivity index (χ1) is 12.1. The third kappa shape index (κ3) is 3.90. The number of hydrogen-bond acceptors (Lipinski definition) is 4. The van der Waals surface area contributed by atoms with E-state index in [-0.39, 0.29) is 18.1 Å². The van der Waals surface area contributed by atoms with Crippen LogP contribution in [0.15, 0.2) is 78.9 Å². The molecule has 5 nitrogen and oxygen atoms in total. The van der Waals surface area contributed by atoms with Crippen molar-refractivity contribution in [3.63, 3.8) is 0 Å². The molecule has 5 heteroatoms. The Morgan fingerprint density at radius 1 is 0.840 bits per heavy atom. The maximum atomic E-state index is 12.3. The number of ether oxygens (including phenoxy) is 1. The van der Waals surface area contributed by atoms with E-state index in [2.05, 4.69) is 0 Å². The molecule has 0 atom stereocenters. The molecule has 3 rings (SSSR count). The fourth-order valence-corrected chi connectivity index (χ4v) is 2.43. The molecule has 0 heterocycles. The molecule has 0 aliphatic rings. The van der Waals surface area contributed by atoms with E-state index in [1.165, 1.54) is 6.07 Å². The summed E-state index contributed by atoms with van der Waals surface area (Å²) in [6.45, 7) is 0.0864. The zero-order valence-electron chi connectivity index (χ0n) is 13.3. The lowest BCUT2D eigenvalue weighted by molar-refractivity contribution is -0.385. The normalized spacial score (nSPS) is 10.2. The monoisotopic (exact) mass is 333 g/mol. The van der Waals surface area contributed by atoms with Crippen molar-refractivity contribution in [2.24, 2.45) is 0 Å². The molecule has 0 aliphatic heterocycles. The number of ketones is 1. The van der Waals surface area contributed by atoms with E-state index in [4.69, 9.17) is 4.74 Å². The Balaban J connectivity index is 1.70. The molecule has 0 aromatic heterocycles. The molecule has 3 aromatic rings. The predicted molar refractivity (Wildman–Crippen MR) is 93.7 cm³/mol. The van der Waals surface area contributed by atoms with Gasteiger partial charge in [-0.05, 0) is 30.3 Å². The van der Waals surface area contributed by atoms with Gasteiger partial charge in [0.15, 0.2) is 5.78 Å². The summed E-state index contributed by atoms with van der Waals surface area (Å²) in [5.74, 6) is 0.480. The zero-order chi connectivity index (χ0) is 17.6. The van der Waals surface area contributed by atoms with Gasteiger partial charge in [0.2, 0.25) is 0 Å². The van der Waals surface area contributed by atoms with Gasteiger partial charge in [-0.25, -0.2) is 0 Å². The summed E-state index contributed by atoms with van der Waals surface area (Å²) >= 11 is 0. The average molecular weight is 333 g/mol. The molecule has 0 aliphatic carbocycles. The minimum Gasteiger partial charge on any atom is -0.489 e. The minimum atomic E-state index is -0.430. The lowest BCUT2D eigenvalue weighted by atomic mass is 10.0. The Morgan fingerprint density at radius 2 is 1.44 bits per heavy atom. The molecule has 0 bridgehead atoms. The second-order valence-electron chi connectivity index (χ2n) is 5.39. The summed E-state index contributed by atoms with van der Waals surface area (Å²) in [5, 5.41) is 11.0. The molecule has 0 spiro atoms.